The van der Waals surface area contributed by atoms with E-state index in [1.54, 1.807) is 12.4 Å². The Kier molecular flexibility index (Phi) is 7.98. The molecule has 3 heterocycles. The average Bonchev–Trinajstić information content (AvgIpc) is 2.82. The highest BCUT2D eigenvalue weighted by Gasteiger charge is 2.18. The molecule has 1 amide bonds. The van der Waals surface area contributed by atoms with Crippen molar-refractivity contribution in [2.24, 2.45) is 10.9 Å². The predicted molar refractivity (Wildman–Crippen MR) is 142 cm³/mol. The number of pyridine rings is 1. The minimum Gasteiger partial charge on any atom is -0.364 e. The van der Waals surface area contributed by atoms with Crippen molar-refractivity contribution in [1.29, 1.82) is 0 Å². The summed E-state index contributed by atoms with van der Waals surface area (Å²) in [5, 5.41) is 6.61. The molecule has 0 spiro atoms. The summed E-state index contributed by atoms with van der Waals surface area (Å²) in [7, 11) is 2.16. The summed E-state index contributed by atoms with van der Waals surface area (Å²) in [6, 6.07) is 9.81. The summed E-state index contributed by atoms with van der Waals surface area (Å²) < 4.78 is 0. The maximum atomic E-state index is 12.7. The third-order valence-corrected chi connectivity index (χ3v) is 6.43. The van der Waals surface area contributed by atoms with Crippen molar-refractivity contribution in [3.63, 3.8) is 0 Å². The molecular formula is C28H36N6O. The van der Waals surface area contributed by atoms with Gasteiger partial charge in [-0.05, 0) is 74.7 Å². The van der Waals surface area contributed by atoms with Gasteiger partial charge >= 0.3 is 0 Å². The van der Waals surface area contributed by atoms with Gasteiger partial charge in [0.1, 0.15) is 11.7 Å². The lowest BCUT2D eigenvalue weighted by molar-refractivity contribution is 0.102. The van der Waals surface area contributed by atoms with Crippen LogP contribution in [0, 0.1) is 12.8 Å². The fourth-order valence-corrected chi connectivity index (χ4v) is 4.29. The topological polar surface area (TPSA) is 72.9 Å². The van der Waals surface area contributed by atoms with E-state index < -0.39 is 0 Å². The van der Waals surface area contributed by atoms with Gasteiger partial charge in [-0.25, -0.2) is 4.99 Å². The molecule has 184 valence electrons. The number of amides is 1. The van der Waals surface area contributed by atoms with Crippen LogP contribution in [0.3, 0.4) is 0 Å². The number of carbonyl (C=O) groups is 1. The number of nitrogens with zero attached hydrogens (tertiary/aromatic N) is 4. The first-order chi connectivity index (χ1) is 16.9. The first-order valence-corrected chi connectivity index (χ1v) is 12.4. The molecule has 7 nitrogen and oxygen atoms in total. The number of carbonyl (C=O) groups excluding carboxylic acids is 1. The van der Waals surface area contributed by atoms with Crippen LogP contribution in [0.15, 0.2) is 71.8 Å². The third kappa shape index (κ3) is 6.79. The van der Waals surface area contributed by atoms with E-state index in [0.29, 0.717) is 11.5 Å². The number of aryl methyl sites for hydroxylation is 1. The number of allylic oxidation sites excluding steroid dienone is 2. The SMILES string of the molecule is Cc1cncc(C(=O)Nc2cccc([C@H](C)NC3=C/C(C)C/C=C/C(N4CCN(C)CC4)=N\3)c2)c1. The van der Waals surface area contributed by atoms with Crippen LogP contribution in [0.4, 0.5) is 5.69 Å². The molecule has 2 aliphatic rings. The predicted octanol–water partition coefficient (Wildman–Crippen LogP) is 4.38. The van der Waals surface area contributed by atoms with E-state index in [0.717, 1.165) is 61.1 Å². The Labute approximate surface area is 208 Å². The standard InChI is InChI=1S/C28H36N6O/c1-20-7-5-10-27(34-13-11-33(4)12-14-34)32-26(16-20)30-22(3)23-8-6-9-25(17-23)31-28(35)24-15-21(2)18-29-19-24/h5-6,8-10,15-20,22,30H,7,11-14H2,1-4H3,(H,31,35)/b10-5+,26-16-,32-27+/t20?,22-/m0/s1. The van der Waals surface area contributed by atoms with Gasteiger partial charge in [0, 0.05) is 44.3 Å². The van der Waals surface area contributed by atoms with Crippen molar-refractivity contribution in [2.75, 3.05) is 38.5 Å². The highest BCUT2D eigenvalue weighted by atomic mass is 16.1. The average molecular weight is 473 g/mol. The number of amidine groups is 1. The van der Waals surface area contributed by atoms with E-state index >= 15 is 0 Å². The highest BCUT2D eigenvalue weighted by molar-refractivity contribution is 6.04. The maximum Gasteiger partial charge on any atom is 0.257 e. The van der Waals surface area contributed by atoms with Crippen molar-refractivity contribution in [3.8, 4) is 0 Å². The molecule has 2 aliphatic heterocycles. The van der Waals surface area contributed by atoms with E-state index in [2.05, 4.69) is 70.6 Å². The third-order valence-electron chi connectivity index (χ3n) is 6.43. The molecule has 1 aromatic carbocycles. The lowest BCUT2D eigenvalue weighted by atomic mass is 10.0. The van der Waals surface area contributed by atoms with Crippen LogP contribution in [0.2, 0.25) is 0 Å². The van der Waals surface area contributed by atoms with Gasteiger partial charge in [-0.1, -0.05) is 25.1 Å². The summed E-state index contributed by atoms with van der Waals surface area (Å²) in [4.78, 5) is 26.5. The minimum absolute atomic E-state index is 0.0202. The minimum atomic E-state index is -0.163. The summed E-state index contributed by atoms with van der Waals surface area (Å²) in [5.74, 6) is 2.14. The fourth-order valence-electron chi connectivity index (χ4n) is 4.29. The molecule has 2 atom stereocenters. The molecule has 35 heavy (non-hydrogen) atoms. The van der Waals surface area contributed by atoms with E-state index in [4.69, 9.17) is 4.99 Å². The number of nitrogens with one attached hydrogen (secondary N) is 2. The zero-order chi connectivity index (χ0) is 24.8. The van der Waals surface area contributed by atoms with Crippen molar-refractivity contribution in [3.05, 3.63) is 83.5 Å². The smallest absolute Gasteiger partial charge is 0.257 e. The van der Waals surface area contributed by atoms with Gasteiger partial charge in [0.05, 0.1) is 11.6 Å². The van der Waals surface area contributed by atoms with Crippen LogP contribution in [0.5, 0.6) is 0 Å². The molecule has 0 saturated carbocycles. The Balaban J connectivity index is 1.48. The molecule has 1 saturated heterocycles. The van der Waals surface area contributed by atoms with E-state index in [-0.39, 0.29) is 11.9 Å². The molecular weight excluding hydrogens is 436 g/mol. The molecule has 0 radical (unpaired) electrons. The van der Waals surface area contributed by atoms with Crippen LogP contribution >= 0.6 is 0 Å². The van der Waals surface area contributed by atoms with Gasteiger partial charge < -0.3 is 20.4 Å². The quantitative estimate of drug-likeness (QED) is 0.676. The number of rotatable bonds is 5. The zero-order valence-electron chi connectivity index (χ0n) is 21.2. The number of benzene rings is 1. The van der Waals surface area contributed by atoms with Crippen LogP contribution in [-0.4, -0.2) is 59.8 Å². The van der Waals surface area contributed by atoms with Gasteiger partial charge in [0.2, 0.25) is 0 Å². The number of aliphatic imine (C=N–C) groups is 1. The molecule has 2 aromatic rings. The number of likely N-dealkylation sites (N-methyl/N-ethyl adjacent to an activating group) is 1. The van der Waals surface area contributed by atoms with E-state index in [1.165, 1.54) is 0 Å². The molecule has 7 heteroatoms. The molecule has 0 bridgehead atoms. The first-order valence-electron chi connectivity index (χ1n) is 12.4. The Bertz CT molecular complexity index is 1130. The molecule has 4 rings (SSSR count). The van der Waals surface area contributed by atoms with Crippen LogP contribution in [0.1, 0.15) is 47.8 Å². The Morgan fingerprint density at radius 3 is 2.71 bits per heavy atom. The zero-order valence-corrected chi connectivity index (χ0v) is 21.2. The van der Waals surface area contributed by atoms with Gasteiger partial charge in [-0.15, -0.1) is 0 Å². The number of piperazine rings is 1. The summed E-state index contributed by atoms with van der Waals surface area (Å²) in [5.41, 5.74) is 3.34. The van der Waals surface area contributed by atoms with Crippen molar-refractivity contribution < 1.29 is 4.79 Å². The largest absolute Gasteiger partial charge is 0.364 e. The van der Waals surface area contributed by atoms with Crippen molar-refractivity contribution in [2.45, 2.75) is 33.2 Å². The van der Waals surface area contributed by atoms with Gasteiger partial charge in [-0.3, -0.25) is 9.78 Å². The lowest BCUT2D eigenvalue weighted by Crippen LogP contribution is -2.47. The fraction of sp³-hybridized carbons (Fsp3) is 0.393. The Morgan fingerprint density at radius 1 is 1.14 bits per heavy atom. The van der Waals surface area contributed by atoms with Crippen LogP contribution < -0.4 is 10.6 Å². The summed E-state index contributed by atoms with van der Waals surface area (Å²) in [6.45, 7) is 10.3. The second-order valence-corrected chi connectivity index (χ2v) is 9.62. The van der Waals surface area contributed by atoms with Gasteiger partial charge in [0.25, 0.3) is 5.91 Å². The normalized spacial score (nSPS) is 23.7. The van der Waals surface area contributed by atoms with Crippen LogP contribution in [-0.2, 0) is 0 Å². The van der Waals surface area contributed by atoms with Gasteiger partial charge in [-0.2, -0.15) is 0 Å². The number of hydrogen-bond donors (Lipinski definition) is 2. The molecule has 1 fully saturated rings. The lowest BCUT2D eigenvalue weighted by Gasteiger charge is -2.34. The number of aromatic nitrogens is 1. The molecule has 1 aromatic heterocycles. The second-order valence-electron chi connectivity index (χ2n) is 9.62. The van der Waals surface area contributed by atoms with Crippen molar-refractivity contribution in [1.82, 2.24) is 20.1 Å². The highest BCUT2D eigenvalue weighted by Crippen LogP contribution is 2.21. The molecule has 0 aliphatic carbocycles. The summed E-state index contributed by atoms with van der Waals surface area (Å²) >= 11 is 0. The molecule has 1 unspecified atom stereocenters. The second kappa shape index (κ2) is 11.3. The van der Waals surface area contributed by atoms with Crippen molar-refractivity contribution >= 4 is 17.4 Å². The maximum absolute atomic E-state index is 12.7. The number of anilines is 1. The molecule has 2 N–H and O–H groups in total. The first kappa shape index (κ1) is 24.7. The van der Waals surface area contributed by atoms with Crippen LogP contribution in [0.25, 0.3) is 0 Å². The summed E-state index contributed by atoms with van der Waals surface area (Å²) in [6.07, 6.45) is 10.9. The Morgan fingerprint density at radius 2 is 1.94 bits per heavy atom. The van der Waals surface area contributed by atoms with Gasteiger partial charge in [0.15, 0.2) is 0 Å². The van der Waals surface area contributed by atoms with E-state index in [9.17, 15) is 4.79 Å². The number of hydrogen-bond acceptors (Lipinski definition) is 6. The van der Waals surface area contributed by atoms with E-state index in [1.807, 2.05) is 31.2 Å². The monoisotopic (exact) mass is 472 g/mol. The Hall–Kier alpha value is -3.45.